The van der Waals surface area contributed by atoms with Crippen LogP contribution < -0.4 is 4.74 Å². The summed E-state index contributed by atoms with van der Waals surface area (Å²) in [5.41, 5.74) is 0.757. The summed E-state index contributed by atoms with van der Waals surface area (Å²) < 4.78 is 9.88. The SMILES string of the molecule is COc1cc(/C=C\c2onc(C)c2[N+](=O)[O-])ccc1O. The minimum Gasteiger partial charge on any atom is -0.504 e. The van der Waals surface area contributed by atoms with Gasteiger partial charge in [0.05, 0.1) is 12.0 Å². The molecular weight excluding hydrogens is 264 g/mol. The van der Waals surface area contributed by atoms with Gasteiger partial charge < -0.3 is 14.4 Å². The Kier molecular flexibility index (Phi) is 3.69. The second-order valence-corrected chi connectivity index (χ2v) is 4.00. The Bertz CT molecular complexity index is 675. The molecule has 1 N–H and O–H groups in total. The van der Waals surface area contributed by atoms with E-state index in [0.717, 1.165) is 0 Å². The molecule has 0 spiro atoms. The number of aromatic hydroxyl groups is 1. The Hall–Kier alpha value is -2.83. The second kappa shape index (κ2) is 5.43. The highest BCUT2D eigenvalue weighted by Gasteiger charge is 2.21. The maximum Gasteiger partial charge on any atom is 0.338 e. The molecule has 0 radical (unpaired) electrons. The molecule has 1 aromatic heterocycles. The van der Waals surface area contributed by atoms with Gasteiger partial charge in [-0.15, -0.1) is 0 Å². The van der Waals surface area contributed by atoms with E-state index in [9.17, 15) is 15.2 Å². The number of nitrogens with zero attached hydrogens (tertiary/aromatic N) is 2. The van der Waals surface area contributed by atoms with E-state index in [1.54, 1.807) is 18.2 Å². The fourth-order valence-corrected chi connectivity index (χ4v) is 1.68. The number of phenolic OH excluding ortho intramolecular Hbond substituents is 1. The number of phenols is 1. The first-order valence-electron chi connectivity index (χ1n) is 5.68. The molecule has 1 heterocycles. The normalized spacial score (nSPS) is 10.9. The van der Waals surface area contributed by atoms with Crippen LogP contribution in [0.5, 0.6) is 11.5 Å². The Morgan fingerprint density at radius 3 is 2.85 bits per heavy atom. The molecule has 2 aromatic rings. The predicted molar refractivity (Wildman–Crippen MR) is 71.5 cm³/mol. The van der Waals surface area contributed by atoms with Crippen molar-refractivity contribution in [3.05, 3.63) is 45.3 Å². The van der Waals surface area contributed by atoms with Gasteiger partial charge in [0.1, 0.15) is 0 Å². The van der Waals surface area contributed by atoms with Gasteiger partial charge in [-0.3, -0.25) is 10.1 Å². The Morgan fingerprint density at radius 2 is 2.20 bits per heavy atom. The molecule has 0 unspecified atom stereocenters. The number of rotatable bonds is 4. The van der Waals surface area contributed by atoms with Crippen LogP contribution in [0.25, 0.3) is 12.2 Å². The standard InChI is InChI=1S/C13H12N2O5/c1-8-13(15(17)18)11(20-14-8)6-4-9-3-5-10(16)12(7-9)19-2/h3-7,16H,1-2H3/b6-4-. The van der Waals surface area contributed by atoms with Crippen LogP contribution in [0.2, 0.25) is 0 Å². The van der Waals surface area contributed by atoms with Crippen molar-refractivity contribution in [2.24, 2.45) is 0 Å². The minimum absolute atomic E-state index is 0.0196. The Labute approximate surface area is 114 Å². The van der Waals surface area contributed by atoms with Crippen molar-refractivity contribution in [1.82, 2.24) is 5.16 Å². The van der Waals surface area contributed by atoms with E-state index < -0.39 is 4.92 Å². The zero-order valence-electron chi connectivity index (χ0n) is 10.9. The average molecular weight is 276 g/mol. The highest BCUT2D eigenvalue weighted by molar-refractivity contribution is 5.72. The van der Waals surface area contributed by atoms with Gasteiger partial charge >= 0.3 is 5.69 Å². The summed E-state index contributed by atoms with van der Waals surface area (Å²) in [7, 11) is 1.44. The summed E-state index contributed by atoms with van der Waals surface area (Å²) in [5, 5.41) is 23.9. The molecule has 7 heteroatoms. The number of ether oxygens (including phenoxy) is 1. The van der Waals surface area contributed by atoms with Crippen LogP contribution in [-0.2, 0) is 0 Å². The summed E-state index contributed by atoms with van der Waals surface area (Å²) in [6.07, 6.45) is 3.05. The molecule has 0 saturated heterocycles. The fourth-order valence-electron chi connectivity index (χ4n) is 1.68. The summed E-state index contributed by atoms with van der Waals surface area (Å²) in [5.74, 6) is 0.404. The zero-order valence-corrected chi connectivity index (χ0v) is 10.9. The number of hydrogen-bond donors (Lipinski definition) is 1. The van der Waals surface area contributed by atoms with Crippen LogP contribution in [0.15, 0.2) is 22.7 Å². The van der Waals surface area contributed by atoms with Gasteiger partial charge in [0.2, 0.25) is 5.76 Å². The number of benzene rings is 1. The first-order valence-corrected chi connectivity index (χ1v) is 5.68. The molecule has 0 saturated carbocycles. The van der Waals surface area contributed by atoms with Crippen LogP contribution in [0.4, 0.5) is 5.69 Å². The highest BCUT2D eigenvalue weighted by atomic mass is 16.6. The third-order valence-corrected chi connectivity index (χ3v) is 2.67. The molecule has 2 rings (SSSR count). The van der Waals surface area contributed by atoms with E-state index in [-0.39, 0.29) is 22.9 Å². The van der Waals surface area contributed by atoms with Crippen LogP contribution >= 0.6 is 0 Å². The van der Waals surface area contributed by atoms with Gasteiger partial charge in [0, 0.05) is 0 Å². The zero-order chi connectivity index (χ0) is 14.7. The van der Waals surface area contributed by atoms with E-state index in [0.29, 0.717) is 11.3 Å². The van der Waals surface area contributed by atoms with Crippen molar-refractivity contribution in [1.29, 1.82) is 0 Å². The monoisotopic (exact) mass is 276 g/mol. The van der Waals surface area contributed by atoms with Gasteiger partial charge in [0.15, 0.2) is 17.2 Å². The molecule has 0 aliphatic rings. The first-order chi connectivity index (χ1) is 9.52. The number of methoxy groups -OCH3 is 1. The van der Waals surface area contributed by atoms with Crippen molar-refractivity contribution in [3.63, 3.8) is 0 Å². The molecule has 0 fully saturated rings. The Morgan fingerprint density at radius 1 is 1.45 bits per heavy atom. The van der Waals surface area contributed by atoms with E-state index in [2.05, 4.69) is 5.16 Å². The van der Waals surface area contributed by atoms with E-state index in [1.165, 1.54) is 26.2 Å². The number of aromatic nitrogens is 1. The van der Waals surface area contributed by atoms with Crippen LogP contribution in [0.1, 0.15) is 17.0 Å². The topological polar surface area (TPSA) is 98.6 Å². The van der Waals surface area contributed by atoms with Gasteiger partial charge in [-0.25, -0.2) is 0 Å². The Balaban J connectivity index is 2.32. The summed E-state index contributed by atoms with van der Waals surface area (Å²) in [6, 6.07) is 4.71. The van der Waals surface area contributed by atoms with Crippen molar-refractivity contribution in [2.75, 3.05) is 7.11 Å². The fraction of sp³-hybridized carbons (Fsp3) is 0.154. The quantitative estimate of drug-likeness (QED) is 0.681. The smallest absolute Gasteiger partial charge is 0.338 e. The summed E-state index contributed by atoms with van der Waals surface area (Å²) in [4.78, 5) is 10.3. The first kappa shape index (κ1) is 13.6. The molecule has 1 aromatic carbocycles. The molecule has 0 amide bonds. The van der Waals surface area contributed by atoms with Crippen molar-refractivity contribution < 1.29 is 19.3 Å². The second-order valence-electron chi connectivity index (χ2n) is 4.00. The lowest BCUT2D eigenvalue weighted by Crippen LogP contribution is -1.90. The third-order valence-electron chi connectivity index (χ3n) is 2.67. The number of hydrogen-bond acceptors (Lipinski definition) is 6. The number of nitro groups is 1. The average Bonchev–Trinajstić information content (AvgIpc) is 2.79. The minimum atomic E-state index is -0.539. The van der Waals surface area contributed by atoms with Crippen LogP contribution in [-0.4, -0.2) is 22.3 Å². The van der Waals surface area contributed by atoms with Crippen molar-refractivity contribution >= 4 is 17.8 Å². The van der Waals surface area contributed by atoms with E-state index >= 15 is 0 Å². The molecule has 0 bridgehead atoms. The summed E-state index contributed by atoms with van der Waals surface area (Å²) >= 11 is 0. The van der Waals surface area contributed by atoms with Gasteiger partial charge in [-0.05, 0) is 30.7 Å². The molecule has 0 aliphatic carbocycles. The predicted octanol–water partition coefficient (Wildman–Crippen LogP) is 2.78. The summed E-state index contributed by atoms with van der Waals surface area (Å²) in [6.45, 7) is 1.50. The number of aryl methyl sites for hydroxylation is 1. The highest BCUT2D eigenvalue weighted by Crippen LogP contribution is 2.28. The molecular formula is C13H12N2O5. The molecule has 0 atom stereocenters. The van der Waals surface area contributed by atoms with Crippen LogP contribution in [0.3, 0.4) is 0 Å². The maximum atomic E-state index is 10.9. The van der Waals surface area contributed by atoms with Gasteiger partial charge in [-0.1, -0.05) is 17.3 Å². The largest absolute Gasteiger partial charge is 0.504 e. The molecule has 7 nitrogen and oxygen atoms in total. The van der Waals surface area contributed by atoms with Crippen molar-refractivity contribution in [2.45, 2.75) is 6.92 Å². The van der Waals surface area contributed by atoms with Crippen molar-refractivity contribution in [3.8, 4) is 11.5 Å². The van der Waals surface area contributed by atoms with Crippen LogP contribution in [0, 0.1) is 17.0 Å². The maximum absolute atomic E-state index is 10.9. The molecule has 0 aliphatic heterocycles. The third kappa shape index (κ3) is 2.61. The molecule has 104 valence electrons. The van der Waals surface area contributed by atoms with Gasteiger partial charge in [0.25, 0.3) is 0 Å². The lowest BCUT2D eigenvalue weighted by atomic mass is 10.1. The van der Waals surface area contributed by atoms with E-state index in [4.69, 9.17) is 9.26 Å². The van der Waals surface area contributed by atoms with E-state index in [1.807, 2.05) is 0 Å². The van der Waals surface area contributed by atoms with Gasteiger partial charge in [-0.2, -0.15) is 0 Å². The molecule has 20 heavy (non-hydrogen) atoms. The lowest BCUT2D eigenvalue weighted by Gasteiger charge is -2.03. The lowest BCUT2D eigenvalue weighted by molar-refractivity contribution is -0.386.